The molecule has 1 fully saturated rings. The van der Waals surface area contributed by atoms with E-state index in [0.29, 0.717) is 5.69 Å². The first-order chi connectivity index (χ1) is 9.78. The van der Waals surface area contributed by atoms with Gasteiger partial charge in [-0.1, -0.05) is 12.2 Å². The van der Waals surface area contributed by atoms with E-state index in [2.05, 4.69) is 5.32 Å². The van der Waals surface area contributed by atoms with Crippen molar-refractivity contribution in [2.75, 3.05) is 5.32 Å². The molecule has 114 valence electrons. The Kier molecular flexibility index (Phi) is 4.51. The molecule has 0 bridgehead atoms. The molecule has 1 aromatic carbocycles. The molecular formula is C14H15F3N2OS. The van der Waals surface area contributed by atoms with Crippen LogP contribution in [0.2, 0.25) is 0 Å². The van der Waals surface area contributed by atoms with Crippen LogP contribution in [0.25, 0.3) is 0 Å². The predicted molar refractivity (Wildman–Crippen MR) is 77.8 cm³/mol. The topological polar surface area (TPSA) is 55.1 Å². The van der Waals surface area contributed by atoms with Gasteiger partial charge in [0.15, 0.2) is 0 Å². The summed E-state index contributed by atoms with van der Waals surface area (Å²) in [5.41, 5.74) is 5.77. The molecule has 0 aromatic heterocycles. The van der Waals surface area contributed by atoms with Crippen LogP contribution in [0.15, 0.2) is 18.2 Å². The van der Waals surface area contributed by atoms with E-state index in [1.807, 2.05) is 0 Å². The minimum atomic E-state index is -2.68. The number of hydrogen-bond donors (Lipinski definition) is 2. The van der Waals surface area contributed by atoms with Gasteiger partial charge in [-0.3, -0.25) is 4.79 Å². The summed E-state index contributed by atoms with van der Waals surface area (Å²) in [6.07, 6.45) is -0.288. The summed E-state index contributed by atoms with van der Waals surface area (Å²) in [6, 6.07) is 3.87. The van der Waals surface area contributed by atoms with Gasteiger partial charge in [-0.05, 0) is 31.0 Å². The van der Waals surface area contributed by atoms with Crippen molar-refractivity contribution in [3.63, 3.8) is 0 Å². The number of carbonyl (C=O) groups excluding carboxylic acids is 1. The van der Waals surface area contributed by atoms with Gasteiger partial charge in [-0.25, -0.2) is 13.2 Å². The molecule has 1 saturated carbocycles. The fourth-order valence-electron chi connectivity index (χ4n) is 2.34. The lowest BCUT2D eigenvalue weighted by atomic mass is 9.86. The summed E-state index contributed by atoms with van der Waals surface area (Å²) in [4.78, 5) is 11.9. The van der Waals surface area contributed by atoms with E-state index in [1.165, 1.54) is 12.1 Å². The number of nitrogens with two attached hydrogens (primary N) is 1. The van der Waals surface area contributed by atoms with E-state index in [0.717, 1.165) is 6.07 Å². The maximum Gasteiger partial charge on any atom is 0.248 e. The van der Waals surface area contributed by atoms with Crippen LogP contribution in [0, 0.1) is 11.7 Å². The number of nitrogens with one attached hydrogen (secondary N) is 1. The largest absolute Gasteiger partial charge is 0.389 e. The van der Waals surface area contributed by atoms with Gasteiger partial charge >= 0.3 is 0 Å². The highest BCUT2D eigenvalue weighted by atomic mass is 32.1. The smallest absolute Gasteiger partial charge is 0.248 e. The lowest BCUT2D eigenvalue weighted by Gasteiger charge is -2.27. The molecule has 0 unspecified atom stereocenters. The average molecular weight is 316 g/mol. The van der Waals surface area contributed by atoms with Gasteiger partial charge in [0.2, 0.25) is 11.8 Å². The molecule has 1 amide bonds. The minimum absolute atomic E-state index is 0.0398. The molecule has 0 heterocycles. The fraction of sp³-hybridized carbons (Fsp3) is 0.429. The predicted octanol–water partition coefficient (Wildman–Crippen LogP) is 3.22. The van der Waals surface area contributed by atoms with Gasteiger partial charge in [0.05, 0.1) is 0 Å². The van der Waals surface area contributed by atoms with Crippen LogP contribution in [-0.4, -0.2) is 16.8 Å². The first-order valence-corrected chi connectivity index (χ1v) is 6.97. The zero-order valence-electron chi connectivity index (χ0n) is 11.2. The first kappa shape index (κ1) is 15.8. The molecule has 0 radical (unpaired) electrons. The van der Waals surface area contributed by atoms with Gasteiger partial charge in [0.1, 0.15) is 10.8 Å². The van der Waals surface area contributed by atoms with E-state index < -0.39 is 17.7 Å². The van der Waals surface area contributed by atoms with Crippen molar-refractivity contribution >= 4 is 28.8 Å². The zero-order chi connectivity index (χ0) is 15.6. The molecule has 21 heavy (non-hydrogen) atoms. The summed E-state index contributed by atoms with van der Waals surface area (Å²) in [7, 11) is 0. The quantitative estimate of drug-likeness (QED) is 0.842. The Hall–Kier alpha value is -1.63. The van der Waals surface area contributed by atoms with E-state index in [-0.39, 0.29) is 42.1 Å². The third kappa shape index (κ3) is 3.93. The molecule has 2 rings (SSSR count). The normalized spacial score (nSPS) is 18.2. The molecule has 1 aliphatic rings. The third-order valence-corrected chi connectivity index (χ3v) is 3.81. The molecule has 0 atom stereocenters. The summed E-state index contributed by atoms with van der Waals surface area (Å²) >= 11 is 4.71. The summed E-state index contributed by atoms with van der Waals surface area (Å²) in [5.74, 6) is -4.04. The number of hydrogen-bond acceptors (Lipinski definition) is 2. The zero-order valence-corrected chi connectivity index (χ0v) is 12.0. The molecule has 0 aliphatic heterocycles. The number of anilines is 1. The number of benzene rings is 1. The van der Waals surface area contributed by atoms with Crippen LogP contribution in [0.4, 0.5) is 18.9 Å². The monoisotopic (exact) mass is 316 g/mol. The van der Waals surface area contributed by atoms with Crippen molar-refractivity contribution in [3.05, 3.63) is 29.6 Å². The fourth-order valence-corrected chi connectivity index (χ4v) is 2.49. The van der Waals surface area contributed by atoms with E-state index in [1.54, 1.807) is 0 Å². The molecular weight excluding hydrogens is 301 g/mol. The second-order valence-electron chi connectivity index (χ2n) is 5.18. The molecule has 0 spiro atoms. The van der Waals surface area contributed by atoms with Gasteiger partial charge < -0.3 is 11.1 Å². The number of amides is 1. The van der Waals surface area contributed by atoms with E-state index in [4.69, 9.17) is 18.0 Å². The van der Waals surface area contributed by atoms with Crippen molar-refractivity contribution in [2.24, 2.45) is 11.7 Å². The van der Waals surface area contributed by atoms with Crippen LogP contribution in [0.1, 0.15) is 31.2 Å². The molecule has 0 saturated heterocycles. The van der Waals surface area contributed by atoms with Crippen LogP contribution in [0.5, 0.6) is 0 Å². The van der Waals surface area contributed by atoms with Crippen molar-refractivity contribution in [1.29, 1.82) is 0 Å². The van der Waals surface area contributed by atoms with Crippen molar-refractivity contribution in [3.8, 4) is 0 Å². The van der Waals surface area contributed by atoms with Crippen molar-refractivity contribution in [1.82, 2.24) is 0 Å². The highest BCUT2D eigenvalue weighted by Gasteiger charge is 2.37. The third-order valence-electron chi connectivity index (χ3n) is 3.59. The summed E-state index contributed by atoms with van der Waals surface area (Å²) < 4.78 is 39.5. The van der Waals surface area contributed by atoms with Crippen molar-refractivity contribution in [2.45, 2.75) is 31.6 Å². The van der Waals surface area contributed by atoms with Crippen molar-refractivity contribution < 1.29 is 18.0 Å². The number of rotatable bonds is 3. The number of alkyl halides is 2. The maximum absolute atomic E-state index is 13.4. The van der Waals surface area contributed by atoms with Crippen LogP contribution < -0.4 is 11.1 Å². The molecule has 7 heteroatoms. The Morgan fingerprint density at radius 2 is 1.95 bits per heavy atom. The van der Waals surface area contributed by atoms with E-state index in [9.17, 15) is 18.0 Å². The molecule has 3 nitrogen and oxygen atoms in total. The maximum atomic E-state index is 13.4. The SMILES string of the molecule is NC(=S)c1cc(NC(=O)C2CCC(F)(F)CC2)ccc1F. The molecule has 1 aromatic rings. The number of halogens is 3. The van der Waals surface area contributed by atoms with Crippen LogP contribution in [0.3, 0.4) is 0 Å². The Morgan fingerprint density at radius 3 is 2.52 bits per heavy atom. The first-order valence-electron chi connectivity index (χ1n) is 6.56. The van der Waals surface area contributed by atoms with Gasteiger partial charge in [0, 0.05) is 30.0 Å². The minimum Gasteiger partial charge on any atom is -0.389 e. The summed E-state index contributed by atoms with van der Waals surface area (Å²) in [5, 5.41) is 2.60. The second kappa shape index (κ2) is 6.01. The second-order valence-corrected chi connectivity index (χ2v) is 5.62. The molecule has 3 N–H and O–H groups in total. The van der Waals surface area contributed by atoms with Gasteiger partial charge in [-0.2, -0.15) is 0 Å². The number of thiocarbonyl (C=S) groups is 1. The van der Waals surface area contributed by atoms with E-state index >= 15 is 0 Å². The highest BCUT2D eigenvalue weighted by molar-refractivity contribution is 7.80. The lowest BCUT2D eigenvalue weighted by Crippen LogP contribution is -2.31. The Bertz CT molecular complexity index is 567. The summed E-state index contributed by atoms with van der Waals surface area (Å²) in [6.45, 7) is 0. The lowest BCUT2D eigenvalue weighted by molar-refractivity contribution is -0.124. The van der Waals surface area contributed by atoms with Gasteiger partial charge in [-0.15, -0.1) is 0 Å². The standard InChI is InChI=1S/C14H15F3N2OS/c15-11-2-1-9(7-10(11)12(18)21)19-13(20)8-3-5-14(16,17)6-4-8/h1-2,7-8H,3-6H2,(H2,18,21)(H,19,20). The highest BCUT2D eigenvalue weighted by Crippen LogP contribution is 2.36. The Balaban J connectivity index is 2.03. The Labute approximate surface area is 125 Å². The van der Waals surface area contributed by atoms with Crippen LogP contribution >= 0.6 is 12.2 Å². The van der Waals surface area contributed by atoms with Gasteiger partial charge in [0.25, 0.3) is 0 Å². The average Bonchev–Trinajstić information content (AvgIpc) is 2.40. The molecule has 1 aliphatic carbocycles. The Morgan fingerprint density at radius 1 is 1.33 bits per heavy atom. The number of carbonyl (C=O) groups is 1. The van der Waals surface area contributed by atoms with Crippen LogP contribution in [-0.2, 0) is 4.79 Å².